The summed E-state index contributed by atoms with van der Waals surface area (Å²) in [6.07, 6.45) is 8.80. The van der Waals surface area contributed by atoms with Gasteiger partial charge in [-0.15, -0.1) is 0 Å². The summed E-state index contributed by atoms with van der Waals surface area (Å²) in [6.45, 7) is 4.88. The van der Waals surface area contributed by atoms with Crippen LogP contribution in [0, 0.1) is 0 Å². The fourth-order valence-corrected chi connectivity index (χ4v) is 3.36. The molecule has 20 heavy (non-hydrogen) atoms. The van der Waals surface area contributed by atoms with Gasteiger partial charge in [-0.1, -0.05) is 0 Å². The summed E-state index contributed by atoms with van der Waals surface area (Å²) in [5.41, 5.74) is 7.32. The molecule has 3 rings (SSSR count). The summed E-state index contributed by atoms with van der Waals surface area (Å²) in [4.78, 5) is 6.83. The van der Waals surface area contributed by atoms with Crippen molar-refractivity contribution in [2.75, 3.05) is 26.7 Å². The van der Waals surface area contributed by atoms with Crippen molar-refractivity contribution >= 4 is 0 Å². The highest BCUT2D eigenvalue weighted by molar-refractivity contribution is 5.11. The van der Waals surface area contributed by atoms with Gasteiger partial charge in [0.25, 0.3) is 0 Å². The van der Waals surface area contributed by atoms with Crippen LogP contribution in [0.2, 0.25) is 0 Å². The highest BCUT2D eigenvalue weighted by Gasteiger charge is 2.36. The average molecular weight is 278 g/mol. The molecule has 1 aliphatic carbocycles. The van der Waals surface area contributed by atoms with Crippen molar-refractivity contribution in [2.45, 2.75) is 50.3 Å². The minimum absolute atomic E-state index is 0.0455. The Kier molecular flexibility index (Phi) is 3.84. The maximum absolute atomic E-state index is 6.09. The predicted molar refractivity (Wildman–Crippen MR) is 78.5 cm³/mol. The second-order valence-corrected chi connectivity index (χ2v) is 6.44. The van der Waals surface area contributed by atoms with Crippen molar-refractivity contribution < 1.29 is 4.74 Å². The third kappa shape index (κ3) is 2.62. The van der Waals surface area contributed by atoms with Gasteiger partial charge in [-0.3, -0.25) is 4.90 Å². The lowest BCUT2D eigenvalue weighted by atomic mass is 9.93. The van der Waals surface area contributed by atoms with E-state index in [4.69, 9.17) is 10.5 Å². The smallest absolute Gasteiger partial charge is 0.0951 e. The van der Waals surface area contributed by atoms with Gasteiger partial charge in [-0.25, -0.2) is 4.98 Å². The SMILES string of the molecule is COC1(C)CCCN(C(CN)c2cncn2C2CC2)C1. The third-order valence-corrected chi connectivity index (χ3v) is 4.82. The van der Waals surface area contributed by atoms with E-state index in [0.717, 1.165) is 19.5 Å². The van der Waals surface area contributed by atoms with Crippen molar-refractivity contribution in [3.8, 4) is 0 Å². The Morgan fingerprint density at radius 1 is 1.55 bits per heavy atom. The monoisotopic (exact) mass is 278 g/mol. The van der Waals surface area contributed by atoms with Gasteiger partial charge < -0.3 is 15.0 Å². The number of nitrogens with zero attached hydrogens (tertiary/aromatic N) is 3. The number of rotatable bonds is 5. The van der Waals surface area contributed by atoms with Crippen LogP contribution in [0.25, 0.3) is 0 Å². The molecule has 0 amide bonds. The van der Waals surface area contributed by atoms with Crippen LogP contribution in [0.3, 0.4) is 0 Å². The Morgan fingerprint density at radius 3 is 3.00 bits per heavy atom. The molecule has 5 heteroatoms. The van der Waals surface area contributed by atoms with Crippen LogP contribution in [-0.2, 0) is 4.74 Å². The summed E-state index contributed by atoms with van der Waals surface area (Å²) in [5.74, 6) is 0. The Balaban J connectivity index is 1.80. The standard InChI is InChI=1S/C15H26N4O/c1-15(20-2)6-3-7-18(10-15)13(8-16)14-9-17-11-19(14)12-4-5-12/h9,11-13H,3-8,10,16H2,1-2H3. The van der Waals surface area contributed by atoms with Crippen molar-refractivity contribution in [1.29, 1.82) is 0 Å². The molecular formula is C15H26N4O. The van der Waals surface area contributed by atoms with E-state index in [9.17, 15) is 0 Å². The fraction of sp³-hybridized carbons (Fsp3) is 0.800. The van der Waals surface area contributed by atoms with Crippen LogP contribution >= 0.6 is 0 Å². The predicted octanol–water partition coefficient (Wildman–Crippen LogP) is 1.72. The summed E-state index contributed by atoms with van der Waals surface area (Å²) in [7, 11) is 1.81. The topological polar surface area (TPSA) is 56.3 Å². The van der Waals surface area contributed by atoms with E-state index < -0.39 is 0 Å². The Hall–Kier alpha value is -0.910. The normalized spacial score (nSPS) is 29.6. The van der Waals surface area contributed by atoms with Gasteiger partial charge in [-0.2, -0.15) is 0 Å². The van der Waals surface area contributed by atoms with E-state index in [2.05, 4.69) is 21.4 Å². The molecule has 2 aliphatic rings. The maximum atomic E-state index is 6.09. The molecule has 1 saturated carbocycles. The van der Waals surface area contributed by atoms with Gasteiger partial charge in [-0.05, 0) is 39.2 Å². The number of ether oxygens (including phenoxy) is 1. The molecule has 1 saturated heterocycles. The van der Waals surface area contributed by atoms with Crippen molar-refractivity contribution in [3.63, 3.8) is 0 Å². The summed E-state index contributed by atoms with van der Waals surface area (Å²) in [5, 5.41) is 0. The molecule has 2 unspecified atom stereocenters. The van der Waals surface area contributed by atoms with Gasteiger partial charge in [0.05, 0.1) is 23.7 Å². The quantitative estimate of drug-likeness (QED) is 0.891. The minimum atomic E-state index is -0.0455. The zero-order valence-electron chi connectivity index (χ0n) is 12.6. The molecule has 0 bridgehead atoms. The van der Waals surface area contributed by atoms with E-state index in [1.165, 1.54) is 25.0 Å². The molecule has 5 nitrogen and oxygen atoms in total. The first-order valence-corrected chi connectivity index (χ1v) is 7.68. The molecule has 1 aromatic rings. The van der Waals surface area contributed by atoms with Crippen molar-refractivity contribution in [2.24, 2.45) is 5.73 Å². The maximum Gasteiger partial charge on any atom is 0.0951 e. The zero-order chi connectivity index (χ0) is 14.2. The first-order valence-electron chi connectivity index (χ1n) is 7.68. The number of nitrogens with two attached hydrogens (primary N) is 1. The number of hydrogen-bond donors (Lipinski definition) is 1. The van der Waals surface area contributed by atoms with E-state index in [1.807, 2.05) is 19.6 Å². The molecule has 0 radical (unpaired) electrons. The Labute approximate surface area is 121 Å². The average Bonchev–Trinajstić information content (AvgIpc) is 3.19. The highest BCUT2D eigenvalue weighted by atomic mass is 16.5. The number of hydrogen-bond acceptors (Lipinski definition) is 4. The second-order valence-electron chi connectivity index (χ2n) is 6.44. The van der Waals surface area contributed by atoms with Gasteiger partial charge in [0.15, 0.2) is 0 Å². The number of imidazole rings is 1. The van der Waals surface area contributed by atoms with E-state index in [1.54, 1.807) is 0 Å². The van der Waals surface area contributed by atoms with Crippen LogP contribution in [0.5, 0.6) is 0 Å². The van der Waals surface area contributed by atoms with Gasteiger partial charge >= 0.3 is 0 Å². The van der Waals surface area contributed by atoms with E-state index in [0.29, 0.717) is 12.6 Å². The summed E-state index contributed by atoms with van der Waals surface area (Å²) < 4.78 is 8.04. The van der Waals surface area contributed by atoms with Gasteiger partial charge in [0.2, 0.25) is 0 Å². The van der Waals surface area contributed by atoms with Crippen LogP contribution in [0.15, 0.2) is 12.5 Å². The molecule has 0 aromatic carbocycles. The fourth-order valence-electron chi connectivity index (χ4n) is 3.36. The van der Waals surface area contributed by atoms with E-state index in [-0.39, 0.29) is 11.6 Å². The lowest BCUT2D eigenvalue weighted by Gasteiger charge is -2.43. The Morgan fingerprint density at radius 2 is 2.35 bits per heavy atom. The first-order chi connectivity index (χ1) is 9.67. The molecular weight excluding hydrogens is 252 g/mol. The zero-order valence-corrected chi connectivity index (χ0v) is 12.6. The molecule has 2 fully saturated rings. The molecule has 112 valence electrons. The third-order valence-electron chi connectivity index (χ3n) is 4.82. The molecule has 2 atom stereocenters. The highest BCUT2D eigenvalue weighted by Crippen LogP contribution is 2.38. The Bertz CT molecular complexity index is 456. The van der Waals surface area contributed by atoms with Crippen LogP contribution in [0.4, 0.5) is 0 Å². The van der Waals surface area contributed by atoms with Crippen LogP contribution < -0.4 is 5.73 Å². The van der Waals surface area contributed by atoms with Gasteiger partial charge in [0.1, 0.15) is 0 Å². The summed E-state index contributed by atoms with van der Waals surface area (Å²) >= 11 is 0. The number of aromatic nitrogens is 2. The second kappa shape index (κ2) is 5.47. The minimum Gasteiger partial charge on any atom is -0.377 e. The van der Waals surface area contributed by atoms with Crippen molar-refractivity contribution in [1.82, 2.24) is 14.5 Å². The lowest BCUT2D eigenvalue weighted by molar-refractivity contribution is -0.0615. The molecule has 1 aliphatic heterocycles. The van der Waals surface area contributed by atoms with Crippen molar-refractivity contribution in [3.05, 3.63) is 18.2 Å². The number of methoxy groups -OCH3 is 1. The molecule has 1 aromatic heterocycles. The summed E-state index contributed by atoms with van der Waals surface area (Å²) in [6, 6.07) is 0.910. The molecule has 2 N–H and O–H groups in total. The van der Waals surface area contributed by atoms with Crippen LogP contribution in [-0.4, -0.2) is 46.8 Å². The largest absolute Gasteiger partial charge is 0.377 e. The van der Waals surface area contributed by atoms with Crippen LogP contribution in [0.1, 0.15) is 50.4 Å². The van der Waals surface area contributed by atoms with Gasteiger partial charge in [0, 0.05) is 32.4 Å². The molecule has 2 heterocycles. The van der Waals surface area contributed by atoms with E-state index >= 15 is 0 Å². The first kappa shape index (κ1) is 14.0. The number of likely N-dealkylation sites (tertiary alicyclic amines) is 1. The number of piperidine rings is 1. The lowest BCUT2D eigenvalue weighted by Crippen LogP contribution is -2.50. The molecule has 0 spiro atoms.